The van der Waals surface area contributed by atoms with Crippen molar-refractivity contribution in [3.8, 4) is 24.3 Å². The minimum atomic E-state index is 1.59. The third-order valence-corrected chi connectivity index (χ3v) is 0.322. The van der Waals surface area contributed by atoms with E-state index >= 15 is 0 Å². The summed E-state index contributed by atoms with van der Waals surface area (Å²) in [5, 5.41) is 0. The second-order valence-corrected chi connectivity index (χ2v) is 0.768. The fourth-order valence-corrected chi connectivity index (χ4v) is 0.129. The van der Waals surface area contributed by atoms with Crippen molar-refractivity contribution in [3.05, 3.63) is 0 Å². The molecule has 0 aliphatic rings. The largest absolute Gasteiger partial charge is 0.220 e. The molecule has 0 aromatic heterocycles. The van der Waals surface area contributed by atoms with Gasteiger partial charge in [-0.25, -0.2) is 4.99 Å². The Hall–Kier alpha value is -1.15. The molecule has 0 aromatic rings. The molecule has 1 nitrogen and oxygen atoms in total. The molecule has 0 saturated heterocycles. The van der Waals surface area contributed by atoms with Crippen LogP contribution in [-0.2, 0) is 0 Å². The smallest absolute Gasteiger partial charge is 0.155 e. The number of terminal acetylenes is 1. The minimum Gasteiger partial charge on any atom is -0.220 e. The van der Waals surface area contributed by atoms with Crippen molar-refractivity contribution in [2.24, 2.45) is 4.99 Å². The average Bonchev–Trinajstić information content (AvgIpc) is 1.69. The lowest BCUT2D eigenvalue weighted by atomic mass is 10.2. The van der Waals surface area contributed by atoms with Crippen LogP contribution in [-0.4, -0.2) is 14.0 Å². The van der Waals surface area contributed by atoms with Crippen LogP contribution < -0.4 is 0 Å². The van der Waals surface area contributed by atoms with Crippen LogP contribution in [0.1, 0.15) is 0 Å². The van der Waals surface area contributed by atoms with Gasteiger partial charge in [-0.15, -0.1) is 6.42 Å². The lowest BCUT2D eigenvalue weighted by molar-refractivity contribution is 1.75. The van der Waals surface area contributed by atoms with Gasteiger partial charge in [0.25, 0.3) is 0 Å². The minimum absolute atomic E-state index is 1.59. The predicted octanol–water partition coefficient (Wildman–Crippen LogP) is -0.758. The van der Waals surface area contributed by atoms with Gasteiger partial charge in [0.1, 0.15) is 0 Å². The van der Waals surface area contributed by atoms with Crippen LogP contribution in [0.5, 0.6) is 0 Å². The molecule has 0 aliphatic heterocycles. The second kappa shape index (κ2) is 4.85. The van der Waals surface area contributed by atoms with Crippen LogP contribution in [0.15, 0.2) is 4.99 Å². The molecule has 0 atom stereocenters. The third kappa shape index (κ3) is 4.85. The molecule has 0 N–H and O–H groups in total. The Balaban J connectivity index is 3.52. The molecule has 0 heterocycles. The summed E-state index contributed by atoms with van der Waals surface area (Å²) >= 11 is 0. The van der Waals surface area contributed by atoms with E-state index in [-0.39, 0.29) is 0 Å². The Labute approximate surface area is 44.2 Å². The van der Waals surface area contributed by atoms with E-state index in [2.05, 4.69) is 22.9 Å². The number of rotatable bonds is 0. The van der Waals surface area contributed by atoms with E-state index in [9.17, 15) is 0 Å². The van der Waals surface area contributed by atoms with Gasteiger partial charge in [-0.1, -0.05) is 0 Å². The Morgan fingerprint density at radius 1 is 1.71 bits per heavy atom. The Morgan fingerprint density at radius 3 is 2.86 bits per heavy atom. The summed E-state index contributed by atoms with van der Waals surface area (Å²) in [5.41, 5.74) is 0. The first-order chi connectivity index (χ1) is 3.41. The molecule has 0 rings (SSSR count). The summed E-state index contributed by atoms with van der Waals surface area (Å²) in [6.07, 6.45) is 6.36. The second-order valence-electron chi connectivity index (χ2n) is 0.768. The van der Waals surface area contributed by atoms with Gasteiger partial charge in [-0.05, 0) is 12.0 Å². The molecular formula is C5H4BN. The zero-order valence-corrected chi connectivity index (χ0v) is 4.10. The highest BCUT2D eigenvalue weighted by Gasteiger charge is 1.49. The molecule has 0 amide bonds. The van der Waals surface area contributed by atoms with Gasteiger partial charge >= 0.3 is 0 Å². The Bertz CT molecular complexity index is 153. The molecule has 2 heteroatoms. The normalized spacial score (nSPS) is 6.71. The fraction of sp³-hybridized carbons (Fsp3) is 0. The van der Waals surface area contributed by atoms with Gasteiger partial charge in [0.15, 0.2) is 7.85 Å². The van der Waals surface area contributed by atoms with Crippen LogP contribution in [0.25, 0.3) is 0 Å². The average molecular weight is 88.9 g/mol. The van der Waals surface area contributed by atoms with Gasteiger partial charge in [0.05, 0.1) is 0 Å². The van der Waals surface area contributed by atoms with Gasteiger partial charge in [-0.2, -0.15) is 0 Å². The van der Waals surface area contributed by atoms with Crippen molar-refractivity contribution < 1.29 is 0 Å². The topological polar surface area (TPSA) is 12.4 Å². The predicted molar refractivity (Wildman–Crippen MR) is 33.6 cm³/mol. The fourth-order valence-electron chi connectivity index (χ4n) is 0.129. The Kier molecular flexibility index (Phi) is 4.06. The quantitative estimate of drug-likeness (QED) is 0.210. The zero-order valence-electron chi connectivity index (χ0n) is 4.10. The first kappa shape index (κ1) is 5.85. The van der Waals surface area contributed by atoms with Gasteiger partial charge < -0.3 is 0 Å². The molecule has 0 bridgehead atoms. The lowest BCUT2D eigenvalue weighted by Crippen LogP contribution is -1.60. The Morgan fingerprint density at radius 2 is 2.43 bits per heavy atom. The molecule has 0 radical (unpaired) electrons. The maximum atomic E-state index is 4.77. The van der Waals surface area contributed by atoms with Gasteiger partial charge in [0.2, 0.25) is 0 Å². The van der Waals surface area contributed by atoms with E-state index in [1.807, 2.05) is 0 Å². The van der Waals surface area contributed by atoms with Crippen molar-refractivity contribution >= 4 is 14.0 Å². The van der Waals surface area contributed by atoms with E-state index in [1.165, 1.54) is 0 Å². The molecule has 32 valence electrons. The molecular weight excluding hydrogens is 84.9 g/mol. The summed E-state index contributed by atoms with van der Waals surface area (Å²) in [7, 11) is 1.78. The molecule has 0 saturated carbocycles. The molecule has 0 aliphatic carbocycles. The molecule has 0 unspecified atom stereocenters. The van der Waals surface area contributed by atoms with Gasteiger partial charge in [0, 0.05) is 12.0 Å². The van der Waals surface area contributed by atoms with Crippen LogP contribution >= 0.6 is 0 Å². The SMILES string of the molecule is B/C=N/C#CC#C. The van der Waals surface area contributed by atoms with E-state index in [1.54, 1.807) is 14.0 Å². The van der Waals surface area contributed by atoms with Crippen molar-refractivity contribution in [1.29, 1.82) is 0 Å². The molecule has 7 heavy (non-hydrogen) atoms. The van der Waals surface area contributed by atoms with Crippen molar-refractivity contribution in [2.45, 2.75) is 0 Å². The van der Waals surface area contributed by atoms with E-state index in [0.717, 1.165) is 0 Å². The summed E-state index contributed by atoms with van der Waals surface area (Å²) in [6, 6.07) is 2.37. The molecule has 0 fully saturated rings. The van der Waals surface area contributed by atoms with Crippen molar-refractivity contribution in [2.75, 3.05) is 0 Å². The van der Waals surface area contributed by atoms with Crippen LogP contribution in [0, 0.1) is 24.3 Å². The zero-order chi connectivity index (χ0) is 5.54. The molecule has 0 spiro atoms. The summed E-state index contributed by atoms with van der Waals surface area (Å²) in [5.74, 6) is 4.46. The first-order valence-corrected chi connectivity index (χ1v) is 1.85. The van der Waals surface area contributed by atoms with E-state index in [4.69, 9.17) is 6.42 Å². The van der Waals surface area contributed by atoms with Crippen molar-refractivity contribution in [3.63, 3.8) is 0 Å². The monoisotopic (exact) mass is 89.0 g/mol. The highest BCUT2D eigenvalue weighted by molar-refractivity contribution is 6.49. The standard InChI is InChI=1S/C5H4BN/c1-2-3-4-7-5-6/h1,5H,6H2/b7-5+. The summed E-state index contributed by atoms with van der Waals surface area (Å²) < 4.78 is 0. The van der Waals surface area contributed by atoms with Gasteiger partial charge in [-0.3, -0.25) is 0 Å². The number of hydrogen-bond donors (Lipinski definition) is 0. The first-order valence-electron chi connectivity index (χ1n) is 1.85. The van der Waals surface area contributed by atoms with Crippen molar-refractivity contribution in [1.82, 2.24) is 0 Å². The number of nitrogens with zero attached hydrogens (tertiary/aromatic N) is 1. The number of hydrogen-bond acceptors (Lipinski definition) is 1. The highest BCUT2D eigenvalue weighted by atomic mass is 14.6. The van der Waals surface area contributed by atoms with Crippen LogP contribution in [0.2, 0.25) is 0 Å². The van der Waals surface area contributed by atoms with E-state index < -0.39 is 0 Å². The highest BCUT2D eigenvalue weighted by Crippen LogP contribution is 1.52. The summed E-state index contributed by atoms with van der Waals surface area (Å²) in [4.78, 5) is 3.53. The third-order valence-electron chi connectivity index (χ3n) is 0.322. The lowest BCUT2D eigenvalue weighted by Gasteiger charge is -1.57. The van der Waals surface area contributed by atoms with Crippen LogP contribution in [0.4, 0.5) is 0 Å². The van der Waals surface area contributed by atoms with Crippen LogP contribution in [0.3, 0.4) is 0 Å². The maximum absolute atomic E-state index is 4.77. The summed E-state index contributed by atoms with van der Waals surface area (Å²) in [6.45, 7) is 0. The number of aliphatic imine (C=N–C) groups is 1. The van der Waals surface area contributed by atoms with E-state index in [0.29, 0.717) is 0 Å². The molecule has 0 aromatic carbocycles. The maximum Gasteiger partial charge on any atom is 0.155 e.